The van der Waals surface area contributed by atoms with Crippen molar-refractivity contribution < 1.29 is 14.3 Å². The molecule has 2 amide bonds. The van der Waals surface area contributed by atoms with E-state index in [2.05, 4.69) is 21.2 Å². The first-order valence-corrected chi connectivity index (χ1v) is 11.6. The number of nitrogens with zero attached hydrogens (tertiary/aromatic N) is 1. The average molecular weight is 479 g/mol. The normalized spacial score (nSPS) is 12.0. The number of alkyl carbamates (subject to hydrolysis) is 1. The minimum absolute atomic E-state index is 0.117. The SMILES string of the molecule is CC(C)(C)OC(=O)NCCC(Cc1ccccc1)C(=S)NNC(=O)c1nccc2ccccc12. The van der Waals surface area contributed by atoms with Crippen LogP contribution in [0.3, 0.4) is 0 Å². The van der Waals surface area contributed by atoms with Crippen LogP contribution in [0.15, 0.2) is 66.9 Å². The Labute approximate surface area is 205 Å². The zero-order valence-corrected chi connectivity index (χ0v) is 20.4. The van der Waals surface area contributed by atoms with Gasteiger partial charge in [0.15, 0.2) is 0 Å². The number of hydrogen-bond donors (Lipinski definition) is 3. The van der Waals surface area contributed by atoms with Crippen LogP contribution in [0.2, 0.25) is 0 Å². The fraction of sp³-hybridized carbons (Fsp3) is 0.308. The number of pyridine rings is 1. The van der Waals surface area contributed by atoms with Crippen LogP contribution in [-0.2, 0) is 11.2 Å². The maximum atomic E-state index is 12.8. The van der Waals surface area contributed by atoms with Crippen molar-refractivity contribution in [3.63, 3.8) is 0 Å². The highest BCUT2D eigenvalue weighted by Gasteiger charge is 2.20. The molecular formula is C26H30N4O3S. The number of ether oxygens (including phenoxy) is 1. The molecule has 0 aliphatic heterocycles. The molecular weight excluding hydrogens is 448 g/mol. The molecule has 0 aliphatic carbocycles. The molecule has 0 fully saturated rings. The molecule has 0 saturated heterocycles. The Hall–Kier alpha value is -3.52. The number of amides is 2. The first-order chi connectivity index (χ1) is 16.2. The van der Waals surface area contributed by atoms with Gasteiger partial charge in [0.05, 0.1) is 4.99 Å². The Balaban J connectivity index is 1.63. The average Bonchev–Trinajstić information content (AvgIpc) is 2.81. The van der Waals surface area contributed by atoms with Crippen LogP contribution in [0.25, 0.3) is 10.8 Å². The summed E-state index contributed by atoms with van der Waals surface area (Å²) in [6.07, 6.45) is 2.36. The fourth-order valence-electron chi connectivity index (χ4n) is 3.47. The van der Waals surface area contributed by atoms with E-state index in [-0.39, 0.29) is 11.8 Å². The molecule has 1 atom stereocenters. The Morgan fingerprint density at radius 2 is 1.71 bits per heavy atom. The van der Waals surface area contributed by atoms with E-state index < -0.39 is 11.7 Å². The zero-order valence-electron chi connectivity index (χ0n) is 19.6. The van der Waals surface area contributed by atoms with Gasteiger partial charge >= 0.3 is 6.09 Å². The number of carbonyl (C=O) groups excluding carboxylic acids is 2. The highest BCUT2D eigenvalue weighted by Crippen LogP contribution is 2.17. The number of thiocarbonyl (C=S) groups is 1. The molecule has 1 aromatic heterocycles. The summed E-state index contributed by atoms with van der Waals surface area (Å²) in [4.78, 5) is 29.5. The van der Waals surface area contributed by atoms with Crippen LogP contribution < -0.4 is 16.2 Å². The van der Waals surface area contributed by atoms with Gasteiger partial charge in [0.25, 0.3) is 5.91 Å². The van der Waals surface area contributed by atoms with Crippen molar-refractivity contribution in [2.75, 3.05) is 6.54 Å². The van der Waals surface area contributed by atoms with Crippen molar-refractivity contribution >= 4 is 40.0 Å². The Bertz CT molecular complexity index is 1140. The highest BCUT2D eigenvalue weighted by atomic mass is 32.1. The summed E-state index contributed by atoms with van der Waals surface area (Å²) in [5.74, 6) is -0.488. The van der Waals surface area contributed by atoms with Crippen molar-refractivity contribution in [1.29, 1.82) is 0 Å². The van der Waals surface area contributed by atoms with Crippen LogP contribution in [0.4, 0.5) is 4.79 Å². The van der Waals surface area contributed by atoms with E-state index in [4.69, 9.17) is 17.0 Å². The second-order valence-corrected chi connectivity index (χ2v) is 9.37. The molecule has 0 aliphatic rings. The van der Waals surface area contributed by atoms with Crippen molar-refractivity contribution in [1.82, 2.24) is 21.2 Å². The second-order valence-electron chi connectivity index (χ2n) is 8.93. The molecule has 8 heteroatoms. The number of rotatable bonds is 7. The van der Waals surface area contributed by atoms with Gasteiger partial charge in [-0.15, -0.1) is 0 Å². The number of fused-ring (bicyclic) bond motifs is 1. The molecule has 2 aromatic carbocycles. The van der Waals surface area contributed by atoms with Crippen molar-refractivity contribution in [3.05, 3.63) is 78.1 Å². The number of carbonyl (C=O) groups is 2. The number of aromatic nitrogens is 1. The lowest BCUT2D eigenvalue weighted by Gasteiger charge is -2.22. The predicted octanol–water partition coefficient (Wildman–Crippen LogP) is 4.57. The number of hydrogen-bond acceptors (Lipinski definition) is 5. The standard InChI is InChI=1S/C26H30N4O3S/c1-26(2,3)33-25(32)28-16-14-20(17-18-9-5-4-6-10-18)24(34)30-29-23(31)22-21-12-8-7-11-19(21)13-15-27-22/h4-13,15,20H,14,16-17H2,1-3H3,(H,28,32)(H,29,31)(H,30,34). The summed E-state index contributed by atoms with van der Waals surface area (Å²) in [5.41, 5.74) is 6.43. The first kappa shape index (κ1) is 25.1. The molecule has 1 unspecified atom stereocenters. The van der Waals surface area contributed by atoms with Crippen molar-refractivity contribution in [2.45, 2.75) is 39.2 Å². The van der Waals surface area contributed by atoms with E-state index in [9.17, 15) is 9.59 Å². The summed E-state index contributed by atoms with van der Waals surface area (Å²) in [5, 5.41) is 4.47. The number of nitrogens with one attached hydrogen (secondary N) is 3. The minimum Gasteiger partial charge on any atom is -0.444 e. The molecule has 34 heavy (non-hydrogen) atoms. The molecule has 0 spiro atoms. The van der Waals surface area contributed by atoms with E-state index in [0.717, 1.165) is 16.3 Å². The topological polar surface area (TPSA) is 92.4 Å². The summed E-state index contributed by atoms with van der Waals surface area (Å²) in [7, 11) is 0. The van der Waals surface area contributed by atoms with Gasteiger partial charge in [-0.3, -0.25) is 20.6 Å². The van der Waals surface area contributed by atoms with Gasteiger partial charge in [-0.25, -0.2) is 4.79 Å². The third-order valence-electron chi connectivity index (χ3n) is 5.04. The molecule has 0 saturated carbocycles. The van der Waals surface area contributed by atoms with Crippen LogP contribution >= 0.6 is 12.2 Å². The molecule has 0 bridgehead atoms. The lowest BCUT2D eigenvalue weighted by Crippen LogP contribution is -2.45. The Kier molecular flexibility index (Phi) is 8.54. The van der Waals surface area contributed by atoms with Crippen LogP contribution in [-0.4, -0.2) is 34.1 Å². The van der Waals surface area contributed by atoms with E-state index in [0.29, 0.717) is 30.1 Å². The molecule has 3 aromatic rings. The van der Waals surface area contributed by atoms with Gasteiger partial charge in [0.1, 0.15) is 11.3 Å². The number of benzene rings is 2. The summed E-state index contributed by atoms with van der Waals surface area (Å²) >= 11 is 5.62. The molecule has 7 nitrogen and oxygen atoms in total. The zero-order chi connectivity index (χ0) is 24.6. The van der Waals surface area contributed by atoms with Gasteiger partial charge in [0.2, 0.25) is 0 Å². The van der Waals surface area contributed by atoms with E-state index in [1.54, 1.807) is 6.20 Å². The van der Waals surface area contributed by atoms with Gasteiger partial charge in [0, 0.05) is 24.0 Å². The summed E-state index contributed by atoms with van der Waals surface area (Å²) < 4.78 is 5.30. The predicted molar refractivity (Wildman–Crippen MR) is 137 cm³/mol. The second kappa shape index (κ2) is 11.6. The summed E-state index contributed by atoms with van der Waals surface area (Å²) in [6.45, 7) is 5.83. The van der Waals surface area contributed by atoms with Gasteiger partial charge in [-0.05, 0) is 50.6 Å². The first-order valence-electron chi connectivity index (χ1n) is 11.2. The van der Waals surface area contributed by atoms with Crippen LogP contribution in [0, 0.1) is 5.92 Å². The lowest BCUT2D eigenvalue weighted by molar-refractivity contribution is 0.0526. The quantitative estimate of drug-likeness (QED) is 0.340. The highest BCUT2D eigenvalue weighted by molar-refractivity contribution is 7.80. The van der Waals surface area contributed by atoms with Crippen LogP contribution in [0.1, 0.15) is 43.2 Å². The van der Waals surface area contributed by atoms with Gasteiger partial charge < -0.3 is 10.1 Å². The largest absolute Gasteiger partial charge is 0.444 e. The Morgan fingerprint density at radius 1 is 1.00 bits per heavy atom. The van der Waals surface area contributed by atoms with Crippen molar-refractivity contribution in [3.8, 4) is 0 Å². The van der Waals surface area contributed by atoms with Gasteiger partial charge in [-0.1, -0.05) is 66.8 Å². The maximum Gasteiger partial charge on any atom is 0.407 e. The molecule has 0 radical (unpaired) electrons. The third-order valence-corrected chi connectivity index (χ3v) is 5.48. The fourth-order valence-corrected chi connectivity index (χ4v) is 3.72. The smallest absolute Gasteiger partial charge is 0.407 e. The number of hydrazine groups is 1. The monoisotopic (exact) mass is 478 g/mol. The molecule has 3 N–H and O–H groups in total. The molecule has 178 valence electrons. The van der Waals surface area contributed by atoms with E-state index in [1.165, 1.54) is 0 Å². The minimum atomic E-state index is -0.565. The van der Waals surface area contributed by atoms with Crippen LogP contribution in [0.5, 0.6) is 0 Å². The lowest BCUT2D eigenvalue weighted by atomic mass is 9.96. The molecule has 3 rings (SSSR count). The van der Waals surface area contributed by atoms with Gasteiger partial charge in [-0.2, -0.15) is 0 Å². The summed E-state index contributed by atoms with van der Waals surface area (Å²) in [6, 6.07) is 19.4. The maximum absolute atomic E-state index is 12.8. The third kappa shape index (κ3) is 7.52. The Morgan fingerprint density at radius 3 is 2.44 bits per heavy atom. The van der Waals surface area contributed by atoms with Crippen molar-refractivity contribution in [2.24, 2.45) is 5.92 Å². The molecule has 1 heterocycles. The van der Waals surface area contributed by atoms with E-state index >= 15 is 0 Å². The van der Waals surface area contributed by atoms with E-state index in [1.807, 2.05) is 81.4 Å².